The lowest BCUT2D eigenvalue weighted by Crippen LogP contribution is -2.25. The molecule has 0 aromatic carbocycles. The van der Waals surface area contributed by atoms with Crippen molar-refractivity contribution in [2.75, 3.05) is 5.01 Å². The van der Waals surface area contributed by atoms with E-state index in [1.165, 1.54) is 11.3 Å². The predicted octanol–water partition coefficient (Wildman–Crippen LogP) is 0.835. The van der Waals surface area contributed by atoms with E-state index < -0.39 is 0 Å². The molecule has 2 heterocycles. The number of amides is 1. The summed E-state index contributed by atoms with van der Waals surface area (Å²) in [5.41, 5.74) is 0.814. The van der Waals surface area contributed by atoms with Gasteiger partial charge in [-0.25, -0.2) is 9.97 Å². The Kier molecular flexibility index (Phi) is 1.99. The zero-order valence-corrected chi connectivity index (χ0v) is 8.01. The quantitative estimate of drug-likeness (QED) is 0.659. The van der Waals surface area contributed by atoms with Gasteiger partial charge in [0.1, 0.15) is 6.33 Å². The van der Waals surface area contributed by atoms with E-state index in [4.69, 9.17) is 0 Å². The molecular formula is C9H10N4O. The van der Waals surface area contributed by atoms with Crippen molar-refractivity contribution in [2.45, 2.75) is 13.8 Å². The first-order chi connectivity index (χ1) is 6.70. The number of rotatable bonds is 1. The molecule has 1 aromatic rings. The molecule has 2 rings (SSSR count). The van der Waals surface area contributed by atoms with Crippen molar-refractivity contribution in [3.63, 3.8) is 0 Å². The third-order valence-electron chi connectivity index (χ3n) is 2.25. The third-order valence-corrected chi connectivity index (χ3v) is 2.25. The van der Waals surface area contributed by atoms with Crippen LogP contribution in [0.25, 0.3) is 0 Å². The summed E-state index contributed by atoms with van der Waals surface area (Å²) in [4.78, 5) is 19.4. The molecule has 0 N–H and O–H groups in total. The number of carbonyl (C=O) groups excluding carboxylic acids is 1. The smallest absolute Gasteiger partial charge is 0.257 e. The van der Waals surface area contributed by atoms with Crippen LogP contribution in [0, 0.1) is 5.92 Å². The van der Waals surface area contributed by atoms with E-state index >= 15 is 0 Å². The van der Waals surface area contributed by atoms with Crippen molar-refractivity contribution in [3.8, 4) is 0 Å². The summed E-state index contributed by atoms with van der Waals surface area (Å²) in [7, 11) is 0. The lowest BCUT2D eigenvalue weighted by molar-refractivity contribution is -0.119. The Morgan fingerprint density at radius 3 is 2.79 bits per heavy atom. The van der Waals surface area contributed by atoms with Gasteiger partial charge >= 0.3 is 0 Å². The van der Waals surface area contributed by atoms with E-state index in [0.29, 0.717) is 5.82 Å². The highest BCUT2D eigenvalue weighted by Gasteiger charge is 2.31. The molecule has 5 nitrogen and oxygen atoms in total. The van der Waals surface area contributed by atoms with Gasteiger partial charge in [-0.3, -0.25) is 4.79 Å². The van der Waals surface area contributed by atoms with E-state index in [0.717, 1.165) is 5.71 Å². The van der Waals surface area contributed by atoms with Gasteiger partial charge in [0.15, 0.2) is 5.82 Å². The Morgan fingerprint density at radius 2 is 2.29 bits per heavy atom. The minimum atomic E-state index is -0.148. The molecule has 1 amide bonds. The fourth-order valence-corrected chi connectivity index (χ4v) is 1.23. The standard InChI is InChI=1S/C9H10N4O/c1-6-7(2)12-13(9(6)14)8-3-4-10-5-11-8/h3-6H,1-2H3. The van der Waals surface area contributed by atoms with Crippen LogP contribution in [0.4, 0.5) is 5.82 Å². The topological polar surface area (TPSA) is 58.5 Å². The van der Waals surface area contributed by atoms with Gasteiger partial charge in [0.05, 0.1) is 5.92 Å². The van der Waals surface area contributed by atoms with Crippen molar-refractivity contribution in [1.82, 2.24) is 9.97 Å². The van der Waals surface area contributed by atoms with Crippen molar-refractivity contribution < 1.29 is 4.79 Å². The fourth-order valence-electron chi connectivity index (χ4n) is 1.23. The van der Waals surface area contributed by atoms with E-state index in [1.807, 2.05) is 13.8 Å². The van der Waals surface area contributed by atoms with Crippen molar-refractivity contribution in [1.29, 1.82) is 0 Å². The summed E-state index contributed by atoms with van der Waals surface area (Å²) >= 11 is 0. The summed E-state index contributed by atoms with van der Waals surface area (Å²) in [6, 6.07) is 1.66. The highest BCUT2D eigenvalue weighted by atomic mass is 16.2. The first-order valence-corrected chi connectivity index (χ1v) is 4.35. The summed E-state index contributed by atoms with van der Waals surface area (Å²) < 4.78 is 0. The molecule has 1 unspecified atom stereocenters. The van der Waals surface area contributed by atoms with Crippen LogP contribution >= 0.6 is 0 Å². The summed E-state index contributed by atoms with van der Waals surface area (Å²) in [6.45, 7) is 3.67. The second kappa shape index (κ2) is 3.17. The van der Waals surface area contributed by atoms with E-state index in [-0.39, 0.29) is 11.8 Å². The Hall–Kier alpha value is -1.78. The van der Waals surface area contributed by atoms with E-state index in [1.54, 1.807) is 12.3 Å². The molecule has 0 saturated heterocycles. The molecule has 0 spiro atoms. The average molecular weight is 190 g/mol. The van der Waals surface area contributed by atoms with Crippen molar-refractivity contribution in [2.24, 2.45) is 11.0 Å². The van der Waals surface area contributed by atoms with Crippen LogP contribution in [-0.2, 0) is 4.79 Å². The lowest BCUT2D eigenvalue weighted by atomic mass is 10.1. The lowest BCUT2D eigenvalue weighted by Gasteiger charge is -2.10. The van der Waals surface area contributed by atoms with Gasteiger partial charge in [-0.1, -0.05) is 0 Å². The highest BCUT2D eigenvalue weighted by Crippen LogP contribution is 2.20. The Bertz CT molecular complexity index is 387. The second-order valence-electron chi connectivity index (χ2n) is 3.18. The molecule has 0 aliphatic carbocycles. The van der Waals surface area contributed by atoms with Crippen LogP contribution < -0.4 is 5.01 Å². The molecule has 1 aliphatic rings. The number of aromatic nitrogens is 2. The normalized spacial score (nSPS) is 21.3. The number of hydrogen-bond acceptors (Lipinski definition) is 4. The number of hydrazone groups is 1. The van der Waals surface area contributed by atoms with Crippen molar-refractivity contribution >= 4 is 17.4 Å². The number of nitrogens with zero attached hydrogens (tertiary/aromatic N) is 4. The number of carbonyl (C=O) groups is 1. The molecule has 1 aromatic heterocycles. The zero-order chi connectivity index (χ0) is 10.1. The van der Waals surface area contributed by atoms with Crippen LogP contribution in [0.5, 0.6) is 0 Å². The molecule has 1 aliphatic heterocycles. The van der Waals surface area contributed by atoms with Crippen molar-refractivity contribution in [3.05, 3.63) is 18.6 Å². The summed E-state index contributed by atoms with van der Waals surface area (Å²) in [5.74, 6) is 0.333. The number of anilines is 1. The maximum absolute atomic E-state index is 11.7. The van der Waals surface area contributed by atoms with Gasteiger partial charge in [0.25, 0.3) is 5.91 Å². The molecule has 0 fully saturated rings. The van der Waals surface area contributed by atoms with Gasteiger partial charge in [0.2, 0.25) is 0 Å². The van der Waals surface area contributed by atoms with Gasteiger partial charge in [0, 0.05) is 18.0 Å². The Balaban J connectivity index is 2.35. The van der Waals surface area contributed by atoms with Crippen LogP contribution in [0.15, 0.2) is 23.7 Å². The minimum Gasteiger partial charge on any atom is -0.272 e. The van der Waals surface area contributed by atoms with Crippen LogP contribution in [0.3, 0.4) is 0 Å². The molecule has 1 atom stereocenters. The maximum Gasteiger partial charge on any atom is 0.257 e. The van der Waals surface area contributed by atoms with E-state index in [2.05, 4.69) is 15.1 Å². The van der Waals surface area contributed by atoms with Crippen LogP contribution in [-0.4, -0.2) is 21.6 Å². The molecular weight excluding hydrogens is 180 g/mol. The molecule has 0 saturated carbocycles. The largest absolute Gasteiger partial charge is 0.272 e. The first kappa shape index (κ1) is 8.80. The SMILES string of the molecule is CC1=NN(c2ccncn2)C(=O)C1C. The fraction of sp³-hybridized carbons (Fsp3) is 0.333. The third kappa shape index (κ3) is 1.26. The zero-order valence-electron chi connectivity index (χ0n) is 8.01. The summed E-state index contributed by atoms with van der Waals surface area (Å²) in [6.07, 6.45) is 2.99. The molecule has 5 heteroatoms. The second-order valence-corrected chi connectivity index (χ2v) is 3.18. The first-order valence-electron chi connectivity index (χ1n) is 4.35. The Labute approximate surface area is 81.5 Å². The molecule has 72 valence electrons. The predicted molar refractivity (Wildman–Crippen MR) is 51.8 cm³/mol. The van der Waals surface area contributed by atoms with E-state index in [9.17, 15) is 4.79 Å². The summed E-state index contributed by atoms with van der Waals surface area (Å²) in [5, 5.41) is 5.45. The average Bonchev–Trinajstić information content (AvgIpc) is 2.47. The Morgan fingerprint density at radius 1 is 1.50 bits per heavy atom. The van der Waals surface area contributed by atoms with Gasteiger partial charge in [-0.2, -0.15) is 10.1 Å². The molecule has 0 bridgehead atoms. The highest BCUT2D eigenvalue weighted by molar-refractivity contribution is 6.14. The monoisotopic (exact) mass is 190 g/mol. The van der Waals surface area contributed by atoms with Gasteiger partial charge < -0.3 is 0 Å². The number of hydrogen-bond donors (Lipinski definition) is 0. The maximum atomic E-state index is 11.7. The van der Waals surface area contributed by atoms with Crippen LogP contribution in [0.2, 0.25) is 0 Å². The molecule has 0 radical (unpaired) electrons. The van der Waals surface area contributed by atoms with Gasteiger partial charge in [-0.15, -0.1) is 0 Å². The van der Waals surface area contributed by atoms with Gasteiger partial charge in [-0.05, 0) is 13.8 Å². The van der Waals surface area contributed by atoms with Crippen LogP contribution in [0.1, 0.15) is 13.8 Å². The molecule has 14 heavy (non-hydrogen) atoms. The minimum absolute atomic E-state index is 0.0406.